The van der Waals surface area contributed by atoms with Gasteiger partial charge in [-0.25, -0.2) is 0 Å². The summed E-state index contributed by atoms with van der Waals surface area (Å²) in [4.78, 5) is 11.8. The Morgan fingerprint density at radius 2 is 2.21 bits per heavy atom. The van der Waals surface area contributed by atoms with Crippen LogP contribution in [0.15, 0.2) is 0 Å². The van der Waals surface area contributed by atoms with Gasteiger partial charge in [-0.15, -0.1) is 0 Å². The number of nitrogens with one attached hydrogen (secondary N) is 1. The van der Waals surface area contributed by atoms with Gasteiger partial charge in [-0.3, -0.25) is 4.79 Å². The van der Waals surface area contributed by atoms with Crippen LogP contribution in [0, 0.1) is 5.41 Å². The van der Waals surface area contributed by atoms with Crippen LogP contribution >= 0.6 is 0 Å². The second-order valence-corrected chi connectivity index (χ2v) is 6.35. The standard InChI is InChI=1S/C14H28N2O3/c1-11-14(18,7-9-19-11)10-16-12(17)4-5-13(2,3)6-8-15/h11,18H,4-10,15H2,1-3H3,(H,16,17). The molecule has 2 atom stereocenters. The SMILES string of the molecule is CC1OCCC1(O)CNC(=O)CCC(C)(C)CCN. The molecule has 19 heavy (non-hydrogen) atoms. The third-order valence-corrected chi connectivity index (χ3v) is 4.10. The molecule has 1 saturated heterocycles. The van der Waals surface area contributed by atoms with E-state index in [9.17, 15) is 9.90 Å². The van der Waals surface area contributed by atoms with E-state index in [0.29, 0.717) is 26.0 Å². The number of nitrogens with two attached hydrogens (primary N) is 1. The van der Waals surface area contributed by atoms with Gasteiger partial charge in [0.15, 0.2) is 0 Å². The average molecular weight is 272 g/mol. The minimum absolute atomic E-state index is 0.0161. The summed E-state index contributed by atoms with van der Waals surface area (Å²) in [6.45, 7) is 7.54. The van der Waals surface area contributed by atoms with Crippen LogP contribution < -0.4 is 11.1 Å². The van der Waals surface area contributed by atoms with Gasteiger partial charge in [0.25, 0.3) is 0 Å². The molecule has 1 heterocycles. The molecule has 1 aliphatic rings. The highest BCUT2D eigenvalue weighted by Gasteiger charge is 2.39. The molecule has 0 aromatic heterocycles. The summed E-state index contributed by atoms with van der Waals surface area (Å²) in [7, 11) is 0. The highest BCUT2D eigenvalue weighted by molar-refractivity contribution is 5.76. The molecule has 5 heteroatoms. The molecular formula is C14H28N2O3. The van der Waals surface area contributed by atoms with Gasteiger partial charge in [-0.05, 0) is 31.7 Å². The first-order valence-corrected chi connectivity index (χ1v) is 7.10. The van der Waals surface area contributed by atoms with Crippen LogP contribution in [-0.4, -0.2) is 42.4 Å². The molecule has 0 saturated carbocycles. The zero-order valence-electron chi connectivity index (χ0n) is 12.4. The Labute approximate surface area is 115 Å². The van der Waals surface area contributed by atoms with Crippen LogP contribution in [0.25, 0.3) is 0 Å². The summed E-state index contributed by atoms with van der Waals surface area (Å²) in [6, 6.07) is 0. The molecule has 0 bridgehead atoms. The van der Waals surface area contributed by atoms with Crippen molar-refractivity contribution in [2.24, 2.45) is 11.1 Å². The second-order valence-electron chi connectivity index (χ2n) is 6.35. The third-order valence-electron chi connectivity index (χ3n) is 4.10. The van der Waals surface area contributed by atoms with Crippen LogP contribution in [0.1, 0.15) is 46.5 Å². The molecule has 1 amide bonds. The van der Waals surface area contributed by atoms with Gasteiger partial charge in [0.1, 0.15) is 5.60 Å². The largest absolute Gasteiger partial charge is 0.385 e. The summed E-state index contributed by atoms with van der Waals surface area (Å²) in [6.07, 6.45) is 2.54. The van der Waals surface area contributed by atoms with Gasteiger partial charge in [-0.2, -0.15) is 0 Å². The van der Waals surface area contributed by atoms with Crippen LogP contribution in [0.4, 0.5) is 0 Å². The number of hydrogen-bond acceptors (Lipinski definition) is 4. The first-order valence-electron chi connectivity index (χ1n) is 7.10. The zero-order valence-corrected chi connectivity index (χ0v) is 12.4. The lowest BCUT2D eigenvalue weighted by Crippen LogP contribution is -2.47. The lowest BCUT2D eigenvalue weighted by Gasteiger charge is -2.27. The molecule has 5 nitrogen and oxygen atoms in total. The lowest BCUT2D eigenvalue weighted by molar-refractivity contribution is -0.123. The number of aliphatic hydroxyl groups is 1. The number of ether oxygens (including phenoxy) is 1. The highest BCUT2D eigenvalue weighted by atomic mass is 16.5. The minimum Gasteiger partial charge on any atom is -0.385 e. The first-order chi connectivity index (χ1) is 8.79. The summed E-state index contributed by atoms with van der Waals surface area (Å²) in [5.41, 5.74) is 4.72. The second kappa shape index (κ2) is 6.68. The predicted octanol–water partition coefficient (Wildman–Crippen LogP) is 0.798. The summed E-state index contributed by atoms with van der Waals surface area (Å²) in [5, 5.41) is 13.1. The quantitative estimate of drug-likeness (QED) is 0.640. The van der Waals surface area contributed by atoms with Crippen LogP contribution in [-0.2, 0) is 9.53 Å². The van der Waals surface area contributed by atoms with E-state index in [1.54, 1.807) is 0 Å². The molecule has 0 aromatic carbocycles. The Balaban J connectivity index is 2.28. The fraction of sp³-hybridized carbons (Fsp3) is 0.929. The highest BCUT2D eigenvalue weighted by Crippen LogP contribution is 2.26. The molecule has 2 unspecified atom stereocenters. The fourth-order valence-electron chi connectivity index (χ4n) is 2.31. The number of hydrogen-bond donors (Lipinski definition) is 3. The molecule has 1 fully saturated rings. The molecule has 0 spiro atoms. The maximum Gasteiger partial charge on any atom is 0.220 e. The topological polar surface area (TPSA) is 84.6 Å². The van der Waals surface area contributed by atoms with Crippen molar-refractivity contribution in [2.45, 2.75) is 58.2 Å². The summed E-state index contributed by atoms with van der Waals surface area (Å²) < 4.78 is 5.33. The van der Waals surface area contributed by atoms with Crippen molar-refractivity contribution in [3.63, 3.8) is 0 Å². The number of carbonyl (C=O) groups is 1. The van der Waals surface area contributed by atoms with E-state index in [0.717, 1.165) is 12.8 Å². The summed E-state index contributed by atoms with van der Waals surface area (Å²) in [5.74, 6) is -0.0161. The normalized spacial score (nSPS) is 27.5. The van der Waals surface area contributed by atoms with Crippen molar-refractivity contribution in [3.05, 3.63) is 0 Å². The Morgan fingerprint density at radius 1 is 1.53 bits per heavy atom. The molecule has 112 valence electrons. The smallest absolute Gasteiger partial charge is 0.220 e. The van der Waals surface area contributed by atoms with E-state index < -0.39 is 5.60 Å². The number of amides is 1. The van der Waals surface area contributed by atoms with Gasteiger partial charge < -0.3 is 20.9 Å². The van der Waals surface area contributed by atoms with Gasteiger partial charge in [-0.1, -0.05) is 13.8 Å². The van der Waals surface area contributed by atoms with E-state index in [2.05, 4.69) is 19.2 Å². The number of rotatable bonds is 7. The van der Waals surface area contributed by atoms with Crippen LogP contribution in [0.2, 0.25) is 0 Å². The van der Waals surface area contributed by atoms with E-state index in [1.165, 1.54) is 0 Å². The maximum absolute atomic E-state index is 11.8. The minimum atomic E-state index is -0.914. The van der Waals surface area contributed by atoms with Gasteiger partial charge in [0.05, 0.1) is 6.10 Å². The van der Waals surface area contributed by atoms with E-state index in [1.807, 2.05) is 6.92 Å². The van der Waals surface area contributed by atoms with Gasteiger partial charge in [0.2, 0.25) is 5.91 Å². The zero-order chi connectivity index (χ0) is 14.5. The van der Waals surface area contributed by atoms with Crippen molar-refractivity contribution in [1.29, 1.82) is 0 Å². The monoisotopic (exact) mass is 272 g/mol. The van der Waals surface area contributed by atoms with Crippen molar-refractivity contribution in [3.8, 4) is 0 Å². The number of carbonyl (C=O) groups excluding carboxylic acids is 1. The molecular weight excluding hydrogens is 244 g/mol. The molecule has 0 aliphatic carbocycles. The Morgan fingerprint density at radius 3 is 2.74 bits per heavy atom. The third kappa shape index (κ3) is 5.09. The van der Waals surface area contributed by atoms with E-state index in [4.69, 9.17) is 10.5 Å². The van der Waals surface area contributed by atoms with Gasteiger partial charge >= 0.3 is 0 Å². The van der Waals surface area contributed by atoms with Crippen molar-refractivity contribution in [1.82, 2.24) is 5.32 Å². The lowest BCUT2D eigenvalue weighted by atomic mass is 9.84. The molecule has 1 rings (SSSR count). The molecule has 0 radical (unpaired) electrons. The predicted molar refractivity (Wildman–Crippen MR) is 74.7 cm³/mol. The van der Waals surface area contributed by atoms with Crippen molar-refractivity contribution in [2.75, 3.05) is 19.7 Å². The average Bonchev–Trinajstić information content (AvgIpc) is 2.65. The van der Waals surface area contributed by atoms with Crippen molar-refractivity contribution < 1.29 is 14.6 Å². The fourth-order valence-corrected chi connectivity index (χ4v) is 2.31. The van der Waals surface area contributed by atoms with Gasteiger partial charge in [0, 0.05) is 26.0 Å². The van der Waals surface area contributed by atoms with Crippen LogP contribution in [0.5, 0.6) is 0 Å². The Kier molecular flexibility index (Phi) is 5.77. The molecule has 4 N–H and O–H groups in total. The van der Waals surface area contributed by atoms with E-state index in [-0.39, 0.29) is 24.0 Å². The van der Waals surface area contributed by atoms with E-state index >= 15 is 0 Å². The Hall–Kier alpha value is -0.650. The Bertz CT molecular complexity index is 307. The van der Waals surface area contributed by atoms with Crippen molar-refractivity contribution >= 4 is 5.91 Å². The molecule has 1 aliphatic heterocycles. The maximum atomic E-state index is 11.8. The summed E-state index contributed by atoms with van der Waals surface area (Å²) >= 11 is 0. The molecule has 0 aromatic rings. The van der Waals surface area contributed by atoms with Crippen LogP contribution in [0.3, 0.4) is 0 Å². The first kappa shape index (κ1) is 16.4.